The van der Waals surface area contributed by atoms with Crippen LogP contribution in [0.25, 0.3) is 11.5 Å². The van der Waals surface area contributed by atoms with Crippen LogP contribution in [0.5, 0.6) is 0 Å². The van der Waals surface area contributed by atoms with Crippen LogP contribution in [-0.4, -0.2) is 52.9 Å². The molecule has 0 atom stereocenters. The Morgan fingerprint density at radius 1 is 1.00 bits per heavy atom. The van der Waals surface area contributed by atoms with Gasteiger partial charge in [0.2, 0.25) is 11.7 Å². The lowest BCUT2D eigenvalue weighted by Gasteiger charge is -2.34. The molecule has 0 bridgehead atoms. The third-order valence-electron chi connectivity index (χ3n) is 4.68. The fraction of sp³-hybridized carbons (Fsp3) is 0.250. The average Bonchev–Trinajstić information content (AvgIpc) is 3.41. The molecule has 0 unspecified atom stereocenters. The Labute approximate surface area is 166 Å². The third-order valence-corrected chi connectivity index (χ3v) is 4.93. The van der Waals surface area contributed by atoms with E-state index in [1.807, 2.05) is 12.1 Å². The van der Waals surface area contributed by atoms with E-state index in [1.165, 1.54) is 6.26 Å². The minimum Gasteiger partial charge on any atom is -0.461 e. The molecular weight excluding hydrogens is 382 g/mol. The molecule has 0 spiro atoms. The van der Waals surface area contributed by atoms with Crippen molar-refractivity contribution in [2.24, 2.45) is 0 Å². The molecule has 144 valence electrons. The van der Waals surface area contributed by atoms with E-state index in [9.17, 15) is 9.59 Å². The minimum absolute atomic E-state index is 0.0379. The highest BCUT2D eigenvalue weighted by Gasteiger charge is 2.27. The molecule has 1 aromatic carbocycles. The summed E-state index contributed by atoms with van der Waals surface area (Å²) < 4.78 is 10.4. The predicted molar refractivity (Wildman–Crippen MR) is 102 cm³/mol. The van der Waals surface area contributed by atoms with Gasteiger partial charge in [-0.15, -0.1) is 0 Å². The first-order valence-corrected chi connectivity index (χ1v) is 9.30. The van der Waals surface area contributed by atoms with Gasteiger partial charge in [-0.2, -0.15) is 0 Å². The van der Waals surface area contributed by atoms with Crippen molar-refractivity contribution in [1.82, 2.24) is 15.0 Å². The second-order valence-corrected chi connectivity index (χ2v) is 6.97. The van der Waals surface area contributed by atoms with Crippen LogP contribution in [0.1, 0.15) is 16.1 Å². The number of aromatic nitrogens is 1. The van der Waals surface area contributed by atoms with Crippen LogP contribution in [-0.2, 0) is 11.2 Å². The van der Waals surface area contributed by atoms with E-state index in [1.54, 1.807) is 40.1 Å². The topological polar surface area (TPSA) is 79.8 Å². The standard InChI is InChI=1S/C20H18ClN3O4/c21-15-5-3-14(4-6-15)12-19(25)23-7-9-24(10-8-23)20(26)16-13-18(28-22-16)17-2-1-11-27-17/h1-6,11,13H,7-10,12H2. The largest absolute Gasteiger partial charge is 0.461 e. The molecular formula is C20H18ClN3O4. The molecule has 1 aliphatic heterocycles. The van der Waals surface area contributed by atoms with Crippen molar-refractivity contribution in [3.8, 4) is 11.5 Å². The molecule has 0 radical (unpaired) electrons. The van der Waals surface area contributed by atoms with E-state index < -0.39 is 0 Å². The molecule has 2 aromatic heterocycles. The number of furan rings is 1. The Morgan fingerprint density at radius 2 is 1.71 bits per heavy atom. The third kappa shape index (κ3) is 3.94. The number of piperazine rings is 1. The quantitative estimate of drug-likeness (QED) is 0.673. The zero-order chi connectivity index (χ0) is 19.5. The first kappa shape index (κ1) is 18.3. The van der Waals surface area contributed by atoms with Crippen LogP contribution >= 0.6 is 11.6 Å². The highest BCUT2D eigenvalue weighted by atomic mass is 35.5. The monoisotopic (exact) mass is 399 g/mol. The highest BCUT2D eigenvalue weighted by molar-refractivity contribution is 6.30. The summed E-state index contributed by atoms with van der Waals surface area (Å²) in [5, 5.41) is 4.49. The number of amides is 2. The Bertz CT molecular complexity index is 958. The molecule has 1 saturated heterocycles. The molecule has 0 aliphatic carbocycles. The highest BCUT2D eigenvalue weighted by Crippen LogP contribution is 2.21. The van der Waals surface area contributed by atoms with Gasteiger partial charge in [-0.05, 0) is 29.8 Å². The number of nitrogens with zero attached hydrogens (tertiary/aromatic N) is 3. The fourth-order valence-electron chi connectivity index (χ4n) is 3.12. The van der Waals surface area contributed by atoms with Crippen LogP contribution in [0, 0.1) is 0 Å². The molecule has 0 saturated carbocycles. The Hall–Kier alpha value is -3.06. The van der Waals surface area contributed by atoms with Crippen molar-refractivity contribution < 1.29 is 18.5 Å². The van der Waals surface area contributed by atoms with Crippen molar-refractivity contribution in [3.63, 3.8) is 0 Å². The molecule has 3 aromatic rings. The maximum absolute atomic E-state index is 12.6. The van der Waals surface area contributed by atoms with Gasteiger partial charge < -0.3 is 18.7 Å². The van der Waals surface area contributed by atoms with Crippen molar-refractivity contribution >= 4 is 23.4 Å². The van der Waals surface area contributed by atoms with Crippen LogP contribution < -0.4 is 0 Å². The van der Waals surface area contributed by atoms with Gasteiger partial charge in [0.25, 0.3) is 5.91 Å². The summed E-state index contributed by atoms with van der Waals surface area (Å²) in [5.41, 5.74) is 1.15. The van der Waals surface area contributed by atoms with E-state index in [2.05, 4.69) is 5.16 Å². The molecule has 8 heteroatoms. The molecule has 28 heavy (non-hydrogen) atoms. The lowest BCUT2D eigenvalue weighted by atomic mass is 10.1. The molecule has 2 amide bonds. The minimum atomic E-state index is -0.216. The van der Waals surface area contributed by atoms with E-state index >= 15 is 0 Å². The Balaban J connectivity index is 1.33. The van der Waals surface area contributed by atoms with Crippen molar-refractivity contribution in [2.75, 3.05) is 26.2 Å². The first-order valence-electron chi connectivity index (χ1n) is 8.92. The molecule has 1 aliphatic rings. The second-order valence-electron chi connectivity index (χ2n) is 6.53. The zero-order valence-electron chi connectivity index (χ0n) is 15.0. The number of hydrogen-bond donors (Lipinski definition) is 0. The number of halogens is 1. The Morgan fingerprint density at radius 3 is 2.39 bits per heavy atom. The van der Waals surface area contributed by atoms with Crippen LogP contribution in [0.3, 0.4) is 0 Å². The molecule has 1 fully saturated rings. The number of carbonyl (C=O) groups is 2. The van der Waals surface area contributed by atoms with E-state index in [-0.39, 0.29) is 17.5 Å². The summed E-state index contributed by atoms with van der Waals surface area (Å²) in [6.07, 6.45) is 1.85. The van der Waals surface area contributed by atoms with Crippen LogP contribution in [0.2, 0.25) is 5.02 Å². The Kier molecular flexibility index (Phi) is 5.16. The molecule has 7 nitrogen and oxygen atoms in total. The van der Waals surface area contributed by atoms with E-state index in [4.69, 9.17) is 20.5 Å². The van der Waals surface area contributed by atoms with Gasteiger partial charge in [-0.3, -0.25) is 9.59 Å². The second kappa shape index (κ2) is 7.90. The van der Waals surface area contributed by atoms with Crippen molar-refractivity contribution in [1.29, 1.82) is 0 Å². The van der Waals surface area contributed by atoms with Gasteiger partial charge in [0.1, 0.15) is 0 Å². The zero-order valence-corrected chi connectivity index (χ0v) is 15.8. The van der Waals surface area contributed by atoms with Gasteiger partial charge in [0.15, 0.2) is 11.5 Å². The van der Waals surface area contributed by atoms with Gasteiger partial charge in [-0.1, -0.05) is 28.9 Å². The summed E-state index contributed by atoms with van der Waals surface area (Å²) in [6.45, 7) is 1.88. The summed E-state index contributed by atoms with van der Waals surface area (Å²) in [6, 6.07) is 12.3. The molecule has 4 rings (SSSR count). The lowest BCUT2D eigenvalue weighted by Crippen LogP contribution is -2.51. The first-order chi connectivity index (χ1) is 13.6. The van der Waals surface area contributed by atoms with Gasteiger partial charge in [-0.25, -0.2) is 0 Å². The van der Waals surface area contributed by atoms with Crippen LogP contribution in [0.4, 0.5) is 0 Å². The number of carbonyl (C=O) groups excluding carboxylic acids is 2. The number of hydrogen-bond acceptors (Lipinski definition) is 5. The smallest absolute Gasteiger partial charge is 0.276 e. The lowest BCUT2D eigenvalue weighted by molar-refractivity contribution is -0.131. The van der Waals surface area contributed by atoms with Gasteiger partial charge in [0.05, 0.1) is 12.7 Å². The van der Waals surface area contributed by atoms with Gasteiger partial charge in [0, 0.05) is 37.3 Å². The maximum atomic E-state index is 12.6. The average molecular weight is 400 g/mol. The summed E-state index contributed by atoms with van der Waals surface area (Å²) in [4.78, 5) is 28.6. The maximum Gasteiger partial charge on any atom is 0.276 e. The summed E-state index contributed by atoms with van der Waals surface area (Å²) in [7, 11) is 0. The van der Waals surface area contributed by atoms with Crippen LogP contribution in [0.15, 0.2) is 57.7 Å². The molecule has 0 N–H and O–H groups in total. The predicted octanol–water partition coefficient (Wildman–Crippen LogP) is 3.12. The van der Waals surface area contributed by atoms with Gasteiger partial charge >= 0.3 is 0 Å². The van der Waals surface area contributed by atoms with E-state index in [0.717, 1.165) is 5.56 Å². The fourth-order valence-corrected chi connectivity index (χ4v) is 3.25. The summed E-state index contributed by atoms with van der Waals surface area (Å²) >= 11 is 5.87. The number of rotatable bonds is 4. The summed E-state index contributed by atoms with van der Waals surface area (Å²) in [5.74, 6) is 0.747. The van der Waals surface area contributed by atoms with Crippen molar-refractivity contribution in [2.45, 2.75) is 6.42 Å². The SMILES string of the molecule is O=C(Cc1ccc(Cl)cc1)N1CCN(C(=O)c2cc(-c3ccco3)on2)CC1. The normalized spacial score (nSPS) is 14.3. The molecule has 3 heterocycles. The number of benzene rings is 1. The van der Waals surface area contributed by atoms with Crippen molar-refractivity contribution in [3.05, 3.63) is 65.0 Å². The van der Waals surface area contributed by atoms with E-state index in [0.29, 0.717) is 49.1 Å².